The maximum Gasteiger partial charge on any atom is 0.128 e. The minimum absolute atomic E-state index is 0.0896. The van der Waals surface area contributed by atoms with Gasteiger partial charge in [0, 0.05) is 24.2 Å². The summed E-state index contributed by atoms with van der Waals surface area (Å²) in [5, 5.41) is 0. The van der Waals surface area contributed by atoms with Crippen molar-refractivity contribution in [1.29, 1.82) is 0 Å². The largest absolute Gasteiger partial charge is 0.333 e. The zero-order chi connectivity index (χ0) is 12.3. The first-order chi connectivity index (χ1) is 8.15. The maximum atomic E-state index is 13.4. The number of halogens is 1. The molecule has 1 atom stereocenters. The van der Waals surface area contributed by atoms with Crippen molar-refractivity contribution in [3.8, 4) is 0 Å². The van der Waals surface area contributed by atoms with E-state index in [1.54, 1.807) is 18.5 Å². The van der Waals surface area contributed by atoms with Gasteiger partial charge in [0.25, 0.3) is 0 Å². The molecule has 2 rings (SSSR count). The number of hydrogen-bond donors (Lipinski definition) is 1. The molecule has 3 nitrogen and oxygen atoms in total. The second kappa shape index (κ2) is 5.10. The lowest BCUT2D eigenvalue weighted by Crippen LogP contribution is -2.17. The summed E-state index contributed by atoms with van der Waals surface area (Å²) < 4.78 is 15.3. The van der Waals surface area contributed by atoms with E-state index < -0.39 is 0 Å². The molecule has 0 radical (unpaired) electrons. The fourth-order valence-corrected chi connectivity index (χ4v) is 1.75. The van der Waals surface area contributed by atoms with Crippen LogP contribution in [-0.4, -0.2) is 15.6 Å². The van der Waals surface area contributed by atoms with Crippen LogP contribution in [-0.2, 0) is 13.0 Å². The Morgan fingerprint density at radius 2 is 2.18 bits per heavy atom. The van der Waals surface area contributed by atoms with E-state index in [0.717, 1.165) is 12.1 Å². The molecule has 1 heterocycles. The lowest BCUT2D eigenvalue weighted by atomic mass is 10.2. The SMILES string of the molecule is CC(N)Cc1cn(Cc2ccccc2F)cn1. The first kappa shape index (κ1) is 11.8. The highest BCUT2D eigenvalue weighted by Gasteiger charge is 2.04. The lowest BCUT2D eigenvalue weighted by Gasteiger charge is -2.03. The van der Waals surface area contributed by atoms with Gasteiger partial charge in [0.1, 0.15) is 5.82 Å². The van der Waals surface area contributed by atoms with Crippen LogP contribution in [0.5, 0.6) is 0 Å². The highest BCUT2D eigenvalue weighted by Crippen LogP contribution is 2.09. The summed E-state index contributed by atoms with van der Waals surface area (Å²) in [5.74, 6) is -0.185. The van der Waals surface area contributed by atoms with Crippen molar-refractivity contribution in [3.05, 3.63) is 53.9 Å². The molecule has 17 heavy (non-hydrogen) atoms. The number of nitrogens with zero attached hydrogens (tertiary/aromatic N) is 2. The molecule has 2 N–H and O–H groups in total. The molecule has 1 aromatic heterocycles. The van der Waals surface area contributed by atoms with Crippen molar-refractivity contribution < 1.29 is 4.39 Å². The van der Waals surface area contributed by atoms with E-state index in [1.165, 1.54) is 6.07 Å². The second-order valence-electron chi connectivity index (χ2n) is 4.31. The summed E-state index contributed by atoms with van der Waals surface area (Å²) in [4.78, 5) is 4.24. The minimum Gasteiger partial charge on any atom is -0.333 e. The van der Waals surface area contributed by atoms with E-state index in [2.05, 4.69) is 4.98 Å². The van der Waals surface area contributed by atoms with Crippen molar-refractivity contribution >= 4 is 0 Å². The number of rotatable bonds is 4. The zero-order valence-corrected chi connectivity index (χ0v) is 9.81. The molecule has 90 valence electrons. The van der Waals surface area contributed by atoms with Crippen LogP contribution in [0.3, 0.4) is 0 Å². The third-order valence-corrected chi connectivity index (χ3v) is 2.53. The minimum atomic E-state index is -0.185. The first-order valence-electron chi connectivity index (χ1n) is 5.65. The smallest absolute Gasteiger partial charge is 0.128 e. The van der Waals surface area contributed by atoms with Crippen LogP contribution < -0.4 is 5.73 Å². The molecular weight excluding hydrogens is 217 g/mol. The Bertz CT molecular complexity index is 491. The normalized spacial score (nSPS) is 12.6. The Hall–Kier alpha value is -1.68. The zero-order valence-electron chi connectivity index (χ0n) is 9.81. The molecule has 0 saturated heterocycles. The monoisotopic (exact) mass is 233 g/mol. The number of aromatic nitrogens is 2. The summed E-state index contributed by atoms with van der Waals surface area (Å²) in [6.07, 6.45) is 4.37. The Labute approximate surface area is 100 Å². The van der Waals surface area contributed by atoms with Gasteiger partial charge >= 0.3 is 0 Å². The molecule has 1 aromatic carbocycles. The standard InChI is InChI=1S/C13H16FN3/c1-10(15)6-12-8-17(9-16-12)7-11-4-2-3-5-13(11)14/h2-5,8-10H,6-7,15H2,1H3. The van der Waals surface area contributed by atoms with Gasteiger partial charge < -0.3 is 10.3 Å². The summed E-state index contributed by atoms with van der Waals surface area (Å²) in [6, 6.07) is 6.86. The summed E-state index contributed by atoms with van der Waals surface area (Å²) in [6.45, 7) is 2.44. The third kappa shape index (κ3) is 3.14. The Balaban J connectivity index is 2.09. The van der Waals surface area contributed by atoms with Gasteiger partial charge in [-0.15, -0.1) is 0 Å². The molecule has 1 unspecified atom stereocenters. The van der Waals surface area contributed by atoms with Gasteiger partial charge in [0.05, 0.1) is 18.6 Å². The molecule has 0 spiro atoms. The molecule has 2 aromatic rings. The van der Waals surface area contributed by atoms with Crippen LogP contribution in [0.2, 0.25) is 0 Å². The number of benzene rings is 1. The van der Waals surface area contributed by atoms with Crippen LogP contribution in [0.1, 0.15) is 18.2 Å². The molecule has 4 heteroatoms. The topological polar surface area (TPSA) is 43.8 Å². The quantitative estimate of drug-likeness (QED) is 0.877. The average Bonchev–Trinajstić information content (AvgIpc) is 2.68. The van der Waals surface area contributed by atoms with Crippen LogP contribution in [0, 0.1) is 5.82 Å². The summed E-state index contributed by atoms with van der Waals surface area (Å²) >= 11 is 0. The third-order valence-electron chi connectivity index (χ3n) is 2.53. The maximum absolute atomic E-state index is 13.4. The van der Waals surface area contributed by atoms with Gasteiger partial charge in [-0.1, -0.05) is 18.2 Å². The highest BCUT2D eigenvalue weighted by atomic mass is 19.1. The number of nitrogens with two attached hydrogens (primary N) is 1. The van der Waals surface area contributed by atoms with Crippen molar-refractivity contribution in [2.45, 2.75) is 25.9 Å². The number of imidazole rings is 1. The second-order valence-corrected chi connectivity index (χ2v) is 4.31. The first-order valence-corrected chi connectivity index (χ1v) is 5.65. The van der Waals surface area contributed by atoms with Gasteiger partial charge in [-0.25, -0.2) is 9.37 Å². The Kier molecular flexibility index (Phi) is 3.54. The van der Waals surface area contributed by atoms with Crippen LogP contribution in [0.15, 0.2) is 36.8 Å². The van der Waals surface area contributed by atoms with Gasteiger partial charge in [-0.05, 0) is 13.0 Å². The lowest BCUT2D eigenvalue weighted by molar-refractivity contribution is 0.599. The summed E-state index contributed by atoms with van der Waals surface area (Å²) in [7, 11) is 0. The number of hydrogen-bond acceptors (Lipinski definition) is 2. The molecule has 0 amide bonds. The van der Waals surface area contributed by atoms with Crippen LogP contribution >= 0.6 is 0 Å². The molecule has 0 aliphatic heterocycles. The van der Waals surface area contributed by atoms with E-state index in [1.807, 2.05) is 23.8 Å². The molecule has 0 aliphatic rings. The van der Waals surface area contributed by atoms with Gasteiger partial charge in [0.2, 0.25) is 0 Å². The molecule has 0 bridgehead atoms. The van der Waals surface area contributed by atoms with Crippen molar-refractivity contribution in [2.75, 3.05) is 0 Å². The highest BCUT2D eigenvalue weighted by molar-refractivity contribution is 5.18. The molecule has 0 aliphatic carbocycles. The van der Waals surface area contributed by atoms with E-state index >= 15 is 0 Å². The van der Waals surface area contributed by atoms with Crippen molar-refractivity contribution in [3.63, 3.8) is 0 Å². The molecule has 0 fully saturated rings. The van der Waals surface area contributed by atoms with Crippen LogP contribution in [0.25, 0.3) is 0 Å². The van der Waals surface area contributed by atoms with Crippen molar-refractivity contribution in [2.24, 2.45) is 5.73 Å². The summed E-state index contributed by atoms with van der Waals surface area (Å²) in [5.41, 5.74) is 7.31. The van der Waals surface area contributed by atoms with Gasteiger partial charge in [-0.3, -0.25) is 0 Å². The molecular formula is C13H16FN3. The van der Waals surface area contributed by atoms with E-state index in [-0.39, 0.29) is 11.9 Å². The van der Waals surface area contributed by atoms with E-state index in [0.29, 0.717) is 12.1 Å². The average molecular weight is 233 g/mol. The van der Waals surface area contributed by atoms with Crippen LogP contribution in [0.4, 0.5) is 4.39 Å². The van der Waals surface area contributed by atoms with Crippen molar-refractivity contribution in [1.82, 2.24) is 9.55 Å². The predicted molar refractivity (Wildman–Crippen MR) is 65.1 cm³/mol. The van der Waals surface area contributed by atoms with Gasteiger partial charge in [0.15, 0.2) is 0 Å². The van der Waals surface area contributed by atoms with Gasteiger partial charge in [-0.2, -0.15) is 0 Å². The molecule has 0 saturated carbocycles. The fraction of sp³-hybridized carbons (Fsp3) is 0.308. The predicted octanol–water partition coefficient (Wildman–Crippen LogP) is 1.96. The Morgan fingerprint density at radius 1 is 1.41 bits per heavy atom. The Morgan fingerprint density at radius 3 is 2.88 bits per heavy atom. The fourth-order valence-electron chi connectivity index (χ4n) is 1.75. The van der Waals surface area contributed by atoms with E-state index in [4.69, 9.17) is 5.73 Å². The van der Waals surface area contributed by atoms with E-state index in [9.17, 15) is 4.39 Å².